The van der Waals surface area contributed by atoms with Crippen LogP contribution in [-0.2, 0) is 16.0 Å². The van der Waals surface area contributed by atoms with E-state index in [2.05, 4.69) is 26.2 Å². The molecule has 7 nitrogen and oxygen atoms in total. The Hall–Kier alpha value is -2.87. The van der Waals surface area contributed by atoms with Crippen LogP contribution in [-0.4, -0.2) is 35.0 Å². The van der Waals surface area contributed by atoms with E-state index in [0.29, 0.717) is 28.5 Å². The third-order valence-corrected chi connectivity index (χ3v) is 4.32. The summed E-state index contributed by atoms with van der Waals surface area (Å²) in [6, 6.07) is 10.5. The van der Waals surface area contributed by atoms with Crippen LogP contribution in [0.4, 0.5) is 5.82 Å². The minimum Gasteiger partial charge on any atom is -0.496 e. The van der Waals surface area contributed by atoms with Gasteiger partial charge in [0.05, 0.1) is 31.4 Å². The molecule has 0 bridgehead atoms. The van der Waals surface area contributed by atoms with Gasteiger partial charge in [-0.15, -0.1) is 0 Å². The van der Waals surface area contributed by atoms with E-state index in [1.807, 2.05) is 6.07 Å². The van der Waals surface area contributed by atoms with Crippen LogP contribution in [0.2, 0.25) is 0 Å². The van der Waals surface area contributed by atoms with Gasteiger partial charge in [-0.1, -0.05) is 12.1 Å². The number of hydrogen-bond acceptors (Lipinski definition) is 5. The predicted molar refractivity (Wildman–Crippen MR) is 104 cm³/mol. The molecule has 0 spiro atoms. The number of pyridine rings is 1. The Morgan fingerprint density at radius 2 is 2.00 bits per heavy atom. The molecule has 8 heteroatoms. The monoisotopic (exact) mass is 431 g/mol. The molecule has 0 atom stereocenters. The van der Waals surface area contributed by atoms with Gasteiger partial charge in [0.1, 0.15) is 17.2 Å². The number of carbonyl (C=O) groups is 2. The van der Waals surface area contributed by atoms with Gasteiger partial charge in [0.2, 0.25) is 0 Å². The van der Waals surface area contributed by atoms with Crippen molar-refractivity contribution in [3.05, 3.63) is 58.3 Å². The number of nitrogens with one attached hydrogen (secondary N) is 1. The van der Waals surface area contributed by atoms with E-state index in [9.17, 15) is 9.59 Å². The number of amides is 1. The Labute approximate surface area is 164 Å². The minimum atomic E-state index is -0.409. The molecule has 0 unspecified atom stereocenters. The van der Waals surface area contributed by atoms with Gasteiger partial charge in [-0.2, -0.15) is 0 Å². The van der Waals surface area contributed by atoms with Crippen molar-refractivity contribution in [2.45, 2.75) is 13.3 Å². The van der Waals surface area contributed by atoms with Crippen molar-refractivity contribution in [1.82, 2.24) is 9.38 Å². The molecule has 0 radical (unpaired) electrons. The fourth-order valence-electron chi connectivity index (χ4n) is 2.68. The molecule has 140 valence electrons. The molecule has 1 N–H and O–H groups in total. The first kappa shape index (κ1) is 18.9. The summed E-state index contributed by atoms with van der Waals surface area (Å²) in [6.07, 6.45) is 1.73. The lowest BCUT2D eigenvalue weighted by molar-refractivity contribution is -0.142. The van der Waals surface area contributed by atoms with E-state index < -0.39 is 5.97 Å². The van der Waals surface area contributed by atoms with Crippen LogP contribution in [0.1, 0.15) is 23.0 Å². The van der Waals surface area contributed by atoms with Crippen LogP contribution in [0.15, 0.2) is 47.1 Å². The van der Waals surface area contributed by atoms with Crippen LogP contribution in [0.25, 0.3) is 5.65 Å². The average Bonchev–Trinajstić information content (AvgIpc) is 2.98. The van der Waals surface area contributed by atoms with Crippen LogP contribution in [0.5, 0.6) is 5.75 Å². The maximum Gasteiger partial charge on any atom is 0.312 e. The lowest BCUT2D eigenvalue weighted by Crippen LogP contribution is -2.17. The molecule has 3 rings (SSSR count). The number of benzene rings is 1. The number of carbonyl (C=O) groups excluding carboxylic acids is 2. The molecule has 27 heavy (non-hydrogen) atoms. The SMILES string of the molecule is CCOC(=O)Cc1nc2ccc(Br)cn2c1NC(=O)c1ccccc1OC. The number of methoxy groups -OCH3 is 1. The average molecular weight is 432 g/mol. The number of anilines is 1. The Kier molecular flexibility index (Phi) is 5.75. The second kappa shape index (κ2) is 8.22. The van der Waals surface area contributed by atoms with Crippen LogP contribution in [0.3, 0.4) is 0 Å². The lowest BCUT2D eigenvalue weighted by Gasteiger charge is -2.10. The highest BCUT2D eigenvalue weighted by Crippen LogP contribution is 2.24. The van der Waals surface area contributed by atoms with Crippen molar-refractivity contribution in [2.75, 3.05) is 19.0 Å². The fourth-order valence-corrected chi connectivity index (χ4v) is 3.02. The maximum atomic E-state index is 12.8. The smallest absolute Gasteiger partial charge is 0.312 e. The zero-order valence-corrected chi connectivity index (χ0v) is 16.4. The van der Waals surface area contributed by atoms with Gasteiger partial charge in [-0.25, -0.2) is 4.98 Å². The third-order valence-electron chi connectivity index (χ3n) is 3.86. The number of fused-ring (bicyclic) bond motifs is 1. The summed E-state index contributed by atoms with van der Waals surface area (Å²) in [6.45, 7) is 2.02. The minimum absolute atomic E-state index is 0.0469. The highest BCUT2D eigenvalue weighted by atomic mass is 79.9. The topological polar surface area (TPSA) is 81.9 Å². The van der Waals surface area contributed by atoms with Crippen molar-refractivity contribution < 1.29 is 19.1 Å². The summed E-state index contributed by atoms with van der Waals surface area (Å²) in [5.74, 6) is 0.0966. The highest BCUT2D eigenvalue weighted by Gasteiger charge is 2.20. The Balaban J connectivity index is 2.01. The molecule has 1 aromatic carbocycles. The molecule has 0 saturated heterocycles. The standard InChI is InChI=1S/C19H18BrN3O4/c1-3-27-17(24)10-14-18(23-11-12(20)8-9-16(23)21-14)22-19(25)13-6-4-5-7-15(13)26-2/h4-9,11H,3,10H2,1-2H3,(H,22,25). The van der Waals surface area contributed by atoms with Gasteiger partial charge in [-0.3, -0.25) is 14.0 Å². The summed E-state index contributed by atoms with van der Waals surface area (Å²) >= 11 is 3.41. The van der Waals surface area contributed by atoms with Crippen molar-refractivity contribution in [2.24, 2.45) is 0 Å². The summed E-state index contributed by atoms with van der Waals surface area (Å²) in [5, 5.41) is 2.85. The number of esters is 1. The lowest BCUT2D eigenvalue weighted by atomic mass is 10.2. The maximum absolute atomic E-state index is 12.8. The number of halogens is 1. The molecular formula is C19H18BrN3O4. The van der Waals surface area contributed by atoms with E-state index >= 15 is 0 Å². The molecule has 2 heterocycles. The number of rotatable bonds is 6. The zero-order chi connectivity index (χ0) is 19.4. The molecule has 0 aliphatic carbocycles. The molecule has 0 aliphatic heterocycles. The van der Waals surface area contributed by atoms with E-state index in [4.69, 9.17) is 9.47 Å². The van der Waals surface area contributed by atoms with E-state index in [0.717, 1.165) is 4.47 Å². The van der Waals surface area contributed by atoms with Crippen LogP contribution in [0, 0.1) is 0 Å². The van der Waals surface area contributed by atoms with E-state index in [1.165, 1.54) is 7.11 Å². The third kappa shape index (κ3) is 4.11. The van der Waals surface area contributed by atoms with Crippen molar-refractivity contribution in [3.8, 4) is 5.75 Å². The number of hydrogen-bond donors (Lipinski definition) is 1. The summed E-state index contributed by atoms with van der Waals surface area (Å²) < 4.78 is 12.8. The van der Waals surface area contributed by atoms with Gasteiger partial charge < -0.3 is 14.8 Å². The van der Waals surface area contributed by atoms with E-state index in [-0.39, 0.29) is 18.9 Å². The first-order chi connectivity index (χ1) is 13.0. The second-order valence-corrected chi connectivity index (χ2v) is 6.53. The molecule has 0 aliphatic rings. The Bertz CT molecular complexity index is 1000. The van der Waals surface area contributed by atoms with Gasteiger partial charge in [0.15, 0.2) is 0 Å². The quantitative estimate of drug-likeness (QED) is 0.604. The number of nitrogens with zero attached hydrogens (tertiary/aromatic N) is 2. The van der Waals surface area contributed by atoms with Crippen molar-refractivity contribution >= 4 is 39.3 Å². The van der Waals surface area contributed by atoms with E-state index in [1.54, 1.807) is 47.9 Å². The van der Waals surface area contributed by atoms with Crippen LogP contribution >= 0.6 is 15.9 Å². The largest absolute Gasteiger partial charge is 0.496 e. The van der Waals surface area contributed by atoms with Crippen molar-refractivity contribution in [1.29, 1.82) is 0 Å². The van der Waals surface area contributed by atoms with Gasteiger partial charge in [-0.05, 0) is 47.1 Å². The normalized spacial score (nSPS) is 10.6. The van der Waals surface area contributed by atoms with Gasteiger partial charge >= 0.3 is 5.97 Å². The predicted octanol–water partition coefficient (Wildman–Crippen LogP) is 3.46. The highest BCUT2D eigenvalue weighted by molar-refractivity contribution is 9.10. The summed E-state index contributed by atoms with van der Waals surface area (Å²) in [4.78, 5) is 29.2. The summed E-state index contributed by atoms with van der Waals surface area (Å²) in [7, 11) is 1.50. The first-order valence-electron chi connectivity index (χ1n) is 8.30. The first-order valence-corrected chi connectivity index (χ1v) is 9.09. The summed E-state index contributed by atoms with van der Waals surface area (Å²) in [5.41, 5.74) is 1.41. The van der Waals surface area contributed by atoms with Gasteiger partial charge in [0.25, 0.3) is 5.91 Å². The zero-order valence-electron chi connectivity index (χ0n) is 14.9. The number of para-hydroxylation sites is 1. The molecule has 2 aromatic heterocycles. The molecule has 0 fully saturated rings. The second-order valence-electron chi connectivity index (χ2n) is 5.62. The molecular weight excluding hydrogens is 414 g/mol. The number of aromatic nitrogens is 2. The van der Waals surface area contributed by atoms with Gasteiger partial charge in [0, 0.05) is 10.7 Å². The molecule has 1 amide bonds. The number of ether oxygens (including phenoxy) is 2. The Morgan fingerprint density at radius 1 is 1.22 bits per heavy atom. The van der Waals surface area contributed by atoms with Crippen molar-refractivity contribution in [3.63, 3.8) is 0 Å². The Morgan fingerprint density at radius 3 is 2.74 bits per heavy atom. The number of imidazole rings is 1. The van der Waals surface area contributed by atoms with Crippen LogP contribution < -0.4 is 10.1 Å². The molecule has 0 saturated carbocycles. The fraction of sp³-hybridized carbons (Fsp3) is 0.211. The molecule has 3 aromatic rings.